The summed E-state index contributed by atoms with van der Waals surface area (Å²) < 4.78 is 0. The van der Waals surface area contributed by atoms with Crippen LogP contribution < -0.4 is 0 Å². The molecule has 0 aromatic carbocycles. The third-order valence-corrected chi connectivity index (χ3v) is 1.36. The minimum absolute atomic E-state index is 1.27. The van der Waals surface area contributed by atoms with Gasteiger partial charge >= 0.3 is 0 Å². The zero-order chi connectivity index (χ0) is 7.11. The van der Waals surface area contributed by atoms with Gasteiger partial charge < -0.3 is 0 Å². The van der Waals surface area contributed by atoms with Crippen LogP contribution in [0.4, 0.5) is 0 Å². The van der Waals surface area contributed by atoms with Crippen molar-refractivity contribution in [2.24, 2.45) is 0 Å². The highest BCUT2D eigenvalue weighted by Crippen LogP contribution is 2.01. The Morgan fingerprint density at radius 2 is 1.89 bits per heavy atom. The van der Waals surface area contributed by atoms with E-state index in [1.54, 1.807) is 0 Å². The fourth-order valence-electron chi connectivity index (χ4n) is 0.785. The second kappa shape index (κ2) is 5.87. The molecular formula is C9H18. The van der Waals surface area contributed by atoms with E-state index >= 15 is 0 Å². The molecule has 0 heterocycles. The summed E-state index contributed by atoms with van der Waals surface area (Å²) in [6.45, 7) is 6.56. The van der Waals surface area contributed by atoms with Crippen molar-refractivity contribution in [3.63, 3.8) is 0 Å². The van der Waals surface area contributed by atoms with Crippen molar-refractivity contribution in [3.05, 3.63) is 11.6 Å². The monoisotopic (exact) mass is 126 g/mol. The molecule has 0 fully saturated rings. The summed E-state index contributed by atoms with van der Waals surface area (Å²) in [7, 11) is 0. The topological polar surface area (TPSA) is 0 Å². The van der Waals surface area contributed by atoms with Gasteiger partial charge in [-0.3, -0.25) is 0 Å². The van der Waals surface area contributed by atoms with Crippen LogP contribution >= 0.6 is 0 Å². The van der Waals surface area contributed by atoms with Crippen LogP contribution in [0, 0.1) is 0 Å². The maximum Gasteiger partial charge on any atom is -0.0348 e. The lowest BCUT2D eigenvalue weighted by atomic mass is 10.2. The van der Waals surface area contributed by atoms with E-state index in [4.69, 9.17) is 0 Å². The molecule has 0 atom stereocenters. The Balaban J connectivity index is 3.00. The minimum atomic E-state index is 1.27. The first-order chi connectivity index (χ1) is 4.27. The molecule has 0 spiro atoms. The molecule has 0 aliphatic rings. The third-order valence-electron chi connectivity index (χ3n) is 1.36. The Labute approximate surface area is 59.0 Å². The lowest BCUT2D eigenvalue weighted by molar-refractivity contribution is 0.727. The molecule has 0 aromatic rings. The van der Waals surface area contributed by atoms with Crippen molar-refractivity contribution in [2.45, 2.75) is 46.5 Å². The summed E-state index contributed by atoms with van der Waals surface area (Å²) in [5.41, 5.74) is 1.45. The third kappa shape index (κ3) is 7.74. The van der Waals surface area contributed by atoms with Gasteiger partial charge in [0, 0.05) is 0 Å². The van der Waals surface area contributed by atoms with Gasteiger partial charge in [0.25, 0.3) is 0 Å². The molecule has 0 heteroatoms. The lowest BCUT2D eigenvalue weighted by Crippen LogP contribution is -1.71. The van der Waals surface area contributed by atoms with E-state index in [0.717, 1.165) is 0 Å². The second-order valence-electron chi connectivity index (χ2n) is 2.78. The van der Waals surface area contributed by atoms with Crippen LogP contribution in [-0.2, 0) is 0 Å². The summed E-state index contributed by atoms with van der Waals surface area (Å²) in [6, 6.07) is 0. The SMILES string of the molecule is CCCCCC=C(C)C. The summed E-state index contributed by atoms with van der Waals surface area (Å²) in [5.74, 6) is 0. The summed E-state index contributed by atoms with van der Waals surface area (Å²) in [5, 5.41) is 0. The minimum Gasteiger partial charge on any atom is -0.0859 e. The molecule has 0 unspecified atom stereocenters. The summed E-state index contributed by atoms with van der Waals surface area (Å²) in [6.07, 6.45) is 7.66. The molecule has 0 aliphatic heterocycles. The van der Waals surface area contributed by atoms with Crippen LogP contribution in [-0.4, -0.2) is 0 Å². The van der Waals surface area contributed by atoms with Gasteiger partial charge in [-0.05, 0) is 26.7 Å². The maximum absolute atomic E-state index is 2.32. The number of rotatable bonds is 4. The zero-order valence-electron chi connectivity index (χ0n) is 6.91. The fraction of sp³-hybridized carbons (Fsp3) is 0.778. The molecule has 0 nitrogen and oxygen atoms in total. The predicted octanol–water partition coefficient (Wildman–Crippen LogP) is 3.53. The van der Waals surface area contributed by atoms with Crippen LogP contribution in [0.5, 0.6) is 0 Å². The van der Waals surface area contributed by atoms with Crippen molar-refractivity contribution < 1.29 is 0 Å². The molecular weight excluding hydrogens is 108 g/mol. The second-order valence-corrected chi connectivity index (χ2v) is 2.78. The largest absolute Gasteiger partial charge is 0.0859 e. The van der Waals surface area contributed by atoms with Crippen LogP contribution in [0.1, 0.15) is 46.5 Å². The van der Waals surface area contributed by atoms with E-state index in [1.165, 1.54) is 31.3 Å². The van der Waals surface area contributed by atoms with Crippen molar-refractivity contribution in [2.75, 3.05) is 0 Å². The van der Waals surface area contributed by atoms with E-state index in [0.29, 0.717) is 0 Å². The maximum atomic E-state index is 2.32. The van der Waals surface area contributed by atoms with E-state index < -0.39 is 0 Å². The standard InChI is InChI=1S/C9H18/c1-4-5-6-7-8-9(2)3/h8H,4-7H2,1-3H3. The number of allylic oxidation sites excluding steroid dienone is 2. The Kier molecular flexibility index (Phi) is 5.70. The fourth-order valence-corrected chi connectivity index (χ4v) is 0.785. The molecule has 0 radical (unpaired) electrons. The molecule has 0 aliphatic carbocycles. The molecule has 0 rings (SSSR count). The van der Waals surface area contributed by atoms with Crippen LogP contribution in [0.15, 0.2) is 11.6 Å². The summed E-state index contributed by atoms with van der Waals surface area (Å²) >= 11 is 0. The van der Waals surface area contributed by atoms with Crippen LogP contribution in [0.2, 0.25) is 0 Å². The van der Waals surface area contributed by atoms with E-state index in [-0.39, 0.29) is 0 Å². The molecule has 0 saturated heterocycles. The number of hydrogen-bond donors (Lipinski definition) is 0. The highest BCUT2D eigenvalue weighted by atomic mass is 13.9. The van der Waals surface area contributed by atoms with E-state index in [2.05, 4.69) is 26.8 Å². The zero-order valence-corrected chi connectivity index (χ0v) is 6.91. The van der Waals surface area contributed by atoms with Gasteiger partial charge in [-0.1, -0.05) is 31.4 Å². The van der Waals surface area contributed by atoms with Gasteiger partial charge in [-0.2, -0.15) is 0 Å². The van der Waals surface area contributed by atoms with Crippen LogP contribution in [0.3, 0.4) is 0 Å². The van der Waals surface area contributed by atoms with Crippen molar-refractivity contribution in [3.8, 4) is 0 Å². The lowest BCUT2D eigenvalue weighted by Gasteiger charge is -1.92. The van der Waals surface area contributed by atoms with Crippen LogP contribution in [0.25, 0.3) is 0 Å². The normalized spacial score (nSPS) is 9.22. The first-order valence-corrected chi connectivity index (χ1v) is 3.90. The molecule has 0 aromatic heterocycles. The van der Waals surface area contributed by atoms with Crippen molar-refractivity contribution in [1.82, 2.24) is 0 Å². The predicted molar refractivity (Wildman–Crippen MR) is 43.6 cm³/mol. The average molecular weight is 126 g/mol. The molecule has 0 N–H and O–H groups in total. The Morgan fingerprint density at radius 3 is 2.33 bits per heavy atom. The Bertz CT molecular complexity index is 76.0. The number of hydrogen-bond acceptors (Lipinski definition) is 0. The molecule has 0 bridgehead atoms. The Hall–Kier alpha value is -0.260. The molecule has 54 valence electrons. The van der Waals surface area contributed by atoms with E-state index in [9.17, 15) is 0 Å². The summed E-state index contributed by atoms with van der Waals surface area (Å²) in [4.78, 5) is 0. The molecule has 0 amide bonds. The molecule has 9 heavy (non-hydrogen) atoms. The van der Waals surface area contributed by atoms with Gasteiger partial charge in [0.05, 0.1) is 0 Å². The first-order valence-electron chi connectivity index (χ1n) is 3.90. The highest BCUT2D eigenvalue weighted by molar-refractivity contribution is 4.92. The van der Waals surface area contributed by atoms with Gasteiger partial charge in [0.15, 0.2) is 0 Å². The van der Waals surface area contributed by atoms with Gasteiger partial charge in [0.2, 0.25) is 0 Å². The quantitative estimate of drug-likeness (QED) is 0.399. The van der Waals surface area contributed by atoms with Crippen molar-refractivity contribution in [1.29, 1.82) is 0 Å². The van der Waals surface area contributed by atoms with Gasteiger partial charge in [0.1, 0.15) is 0 Å². The van der Waals surface area contributed by atoms with Crippen molar-refractivity contribution >= 4 is 0 Å². The first kappa shape index (κ1) is 8.74. The van der Waals surface area contributed by atoms with Gasteiger partial charge in [-0.15, -0.1) is 0 Å². The van der Waals surface area contributed by atoms with Gasteiger partial charge in [-0.25, -0.2) is 0 Å². The highest BCUT2D eigenvalue weighted by Gasteiger charge is 1.81. The molecule has 0 saturated carbocycles. The average Bonchev–Trinajstić information content (AvgIpc) is 1.80. The Morgan fingerprint density at radius 1 is 1.22 bits per heavy atom. The smallest absolute Gasteiger partial charge is 0.0348 e. The van der Waals surface area contributed by atoms with E-state index in [1.807, 2.05) is 0 Å². The number of unbranched alkanes of at least 4 members (excludes halogenated alkanes) is 3.